The summed E-state index contributed by atoms with van der Waals surface area (Å²) < 4.78 is 0. The maximum Gasteiger partial charge on any atom is 0.317 e. The van der Waals surface area contributed by atoms with E-state index in [1.807, 2.05) is 30.6 Å². The van der Waals surface area contributed by atoms with E-state index >= 15 is 0 Å². The van der Waals surface area contributed by atoms with Crippen LogP contribution in [-0.4, -0.2) is 65.4 Å². The van der Waals surface area contributed by atoms with Gasteiger partial charge in [-0.25, -0.2) is 4.79 Å². The highest BCUT2D eigenvalue weighted by Gasteiger charge is 2.36. The molecule has 0 bridgehead atoms. The first-order valence-electron chi connectivity index (χ1n) is 13.5. The molecule has 2 N–H and O–H groups in total. The van der Waals surface area contributed by atoms with E-state index < -0.39 is 6.04 Å². The van der Waals surface area contributed by atoms with Crippen LogP contribution in [0.3, 0.4) is 0 Å². The fourth-order valence-electron chi connectivity index (χ4n) is 5.09. The average molecular weight is 465 g/mol. The fourth-order valence-corrected chi connectivity index (χ4v) is 5.09. The van der Waals surface area contributed by atoms with Crippen LogP contribution in [0.5, 0.6) is 0 Å². The third-order valence-electron chi connectivity index (χ3n) is 7.68. The van der Waals surface area contributed by atoms with Crippen molar-refractivity contribution in [2.24, 2.45) is 11.8 Å². The first-order valence-corrected chi connectivity index (χ1v) is 13.5. The lowest BCUT2D eigenvalue weighted by Gasteiger charge is -2.42. The lowest BCUT2D eigenvalue weighted by Crippen LogP contribution is -2.62. The highest BCUT2D eigenvalue weighted by molar-refractivity contribution is 5.89. The molecule has 4 atom stereocenters. The summed E-state index contributed by atoms with van der Waals surface area (Å²) in [6.07, 6.45) is 10.3. The second kappa shape index (κ2) is 13.8. The molecule has 4 amide bonds. The monoisotopic (exact) mass is 464 g/mol. The molecule has 0 aromatic carbocycles. The number of rotatable bonds is 10. The van der Waals surface area contributed by atoms with Gasteiger partial charge >= 0.3 is 6.03 Å². The zero-order valence-corrected chi connectivity index (χ0v) is 21.7. The largest absolute Gasteiger partial charge is 0.344 e. The van der Waals surface area contributed by atoms with Crippen molar-refractivity contribution >= 4 is 17.8 Å². The molecule has 2 fully saturated rings. The van der Waals surface area contributed by atoms with Crippen LogP contribution in [0, 0.1) is 11.8 Å². The summed E-state index contributed by atoms with van der Waals surface area (Å²) in [4.78, 5) is 43.0. The van der Waals surface area contributed by atoms with Gasteiger partial charge in [-0.15, -0.1) is 0 Å². The van der Waals surface area contributed by atoms with E-state index in [1.54, 1.807) is 0 Å². The molecule has 1 heterocycles. The normalized spacial score (nSPS) is 22.4. The van der Waals surface area contributed by atoms with Gasteiger partial charge in [0.2, 0.25) is 11.8 Å². The highest BCUT2D eigenvalue weighted by atomic mass is 16.2. The van der Waals surface area contributed by atoms with Gasteiger partial charge in [-0.05, 0) is 38.5 Å². The zero-order valence-electron chi connectivity index (χ0n) is 21.7. The lowest BCUT2D eigenvalue weighted by atomic mass is 9.94. The van der Waals surface area contributed by atoms with E-state index in [4.69, 9.17) is 0 Å². The summed E-state index contributed by atoms with van der Waals surface area (Å²) in [7, 11) is 0. The van der Waals surface area contributed by atoms with Crippen LogP contribution in [-0.2, 0) is 9.59 Å². The molecule has 7 heteroatoms. The van der Waals surface area contributed by atoms with Gasteiger partial charge in [0, 0.05) is 37.6 Å². The van der Waals surface area contributed by atoms with E-state index in [0.29, 0.717) is 19.6 Å². The van der Waals surface area contributed by atoms with Crippen molar-refractivity contribution in [3.05, 3.63) is 0 Å². The van der Waals surface area contributed by atoms with Gasteiger partial charge < -0.3 is 20.4 Å². The van der Waals surface area contributed by atoms with E-state index in [2.05, 4.69) is 24.5 Å². The molecule has 7 nitrogen and oxygen atoms in total. The number of piperazine rings is 1. The molecule has 0 aromatic rings. The summed E-state index contributed by atoms with van der Waals surface area (Å²) in [5, 5.41) is 6.31. The second-order valence-electron chi connectivity index (χ2n) is 10.2. The van der Waals surface area contributed by atoms with Crippen LogP contribution in [0.2, 0.25) is 0 Å². The summed E-state index contributed by atoms with van der Waals surface area (Å²) in [6.45, 7) is 11.8. The number of hydrogen-bond acceptors (Lipinski definition) is 3. The summed E-state index contributed by atoms with van der Waals surface area (Å²) in [5.74, 6) is 0.0157. The molecule has 0 radical (unpaired) electrons. The van der Waals surface area contributed by atoms with Gasteiger partial charge in [0.1, 0.15) is 6.04 Å². The van der Waals surface area contributed by atoms with Crippen molar-refractivity contribution in [2.75, 3.05) is 19.6 Å². The van der Waals surface area contributed by atoms with Crippen LogP contribution in [0.4, 0.5) is 4.79 Å². The molecule has 2 rings (SSSR count). The number of carbonyl (C=O) groups excluding carboxylic acids is 3. The summed E-state index contributed by atoms with van der Waals surface area (Å²) in [5.41, 5.74) is 0. The van der Waals surface area contributed by atoms with Crippen molar-refractivity contribution in [1.82, 2.24) is 20.4 Å². The molecule has 1 saturated carbocycles. The second-order valence-corrected chi connectivity index (χ2v) is 10.2. The Morgan fingerprint density at radius 2 is 1.70 bits per heavy atom. The maximum atomic E-state index is 13.5. The molecular formula is C26H48N4O3. The van der Waals surface area contributed by atoms with E-state index in [9.17, 15) is 14.4 Å². The van der Waals surface area contributed by atoms with Crippen molar-refractivity contribution < 1.29 is 14.4 Å². The van der Waals surface area contributed by atoms with E-state index in [0.717, 1.165) is 44.9 Å². The Morgan fingerprint density at radius 1 is 1.00 bits per heavy atom. The number of nitrogens with one attached hydrogen (secondary N) is 2. The Labute approximate surface area is 201 Å². The van der Waals surface area contributed by atoms with Crippen molar-refractivity contribution in [3.8, 4) is 0 Å². The number of unbranched alkanes of at least 4 members (excludes halogenated alkanes) is 1. The molecule has 1 saturated heterocycles. The predicted octanol–water partition coefficient (Wildman–Crippen LogP) is 4.31. The first-order chi connectivity index (χ1) is 15.8. The lowest BCUT2D eigenvalue weighted by molar-refractivity contribution is -0.140. The minimum Gasteiger partial charge on any atom is -0.344 e. The molecular weight excluding hydrogens is 416 g/mol. The molecule has 0 aromatic heterocycles. The minimum absolute atomic E-state index is 0.00291. The molecule has 2 aliphatic rings. The van der Waals surface area contributed by atoms with Gasteiger partial charge in [-0.3, -0.25) is 9.59 Å². The Balaban J connectivity index is 1.97. The predicted molar refractivity (Wildman–Crippen MR) is 133 cm³/mol. The third kappa shape index (κ3) is 7.89. The fraction of sp³-hybridized carbons (Fsp3) is 0.885. The van der Waals surface area contributed by atoms with Crippen LogP contribution >= 0.6 is 0 Å². The topological polar surface area (TPSA) is 81.8 Å². The molecule has 1 aliphatic carbocycles. The highest BCUT2D eigenvalue weighted by Crippen LogP contribution is 2.20. The van der Waals surface area contributed by atoms with E-state index in [-0.39, 0.29) is 41.8 Å². The molecule has 1 aliphatic heterocycles. The van der Waals surface area contributed by atoms with Crippen LogP contribution in [0.1, 0.15) is 98.8 Å². The van der Waals surface area contributed by atoms with Crippen molar-refractivity contribution in [2.45, 2.75) is 117 Å². The van der Waals surface area contributed by atoms with Gasteiger partial charge in [-0.2, -0.15) is 0 Å². The summed E-state index contributed by atoms with van der Waals surface area (Å²) >= 11 is 0. The third-order valence-corrected chi connectivity index (χ3v) is 7.68. The van der Waals surface area contributed by atoms with E-state index in [1.165, 1.54) is 19.3 Å². The number of nitrogens with zero attached hydrogens (tertiary/aromatic N) is 2. The molecule has 4 unspecified atom stereocenters. The van der Waals surface area contributed by atoms with Crippen molar-refractivity contribution in [1.29, 1.82) is 0 Å². The van der Waals surface area contributed by atoms with Gasteiger partial charge in [0.15, 0.2) is 0 Å². The molecule has 0 spiro atoms. The quantitative estimate of drug-likeness (QED) is 0.505. The van der Waals surface area contributed by atoms with Crippen molar-refractivity contribution in [3.63, 3.8) is 0 Å². The maximum absolute atomic E-state index is 13.5. The zero-order chi connectivity index (χ0) is 24.4. The number of urea groups is 1. The SMILES string of the molecule is CCCCC(CC)C(=O)NC(C(=O)N1CCN(C(=O)NC2CCCCC2)C(C)C1)C(C)CC. The number of carbonyl (C=O) groups is 3. The number of hydrogen-bond donors (Lipinski definition) is 2. The Bertz CT molecular complexity index is 635. The molecule has 33 heavy (non-hydrogen) atoms. The Morgan fingerprint density at radius 3 is 2.27 bits per heavy atom. The first kappa shape index (κ1) is 27.5. The minimum atomic E-state index is -0.506. The average Bonchev–Trinajstić information content (AvgIpc) is 2.82. The van der Waals surface area contributed by atoms with Crippen LogP contribution < -0.4 is 10.6 Å². The Hall–Kier alpha value is -1.79. The summed E-state index contributed by atoms with van der Waals surface area (Å²) in [6, 6.07) is -0.280. The standard InChI is InChI=1S/C26H48N4O3/c1-6-9-13-21(8-3)24(31)28-23(19(4)7-2)25(32)29-16-17-30(20(5)18-29)26(33)27-22-14-11-10-12-15-22/h19-23H,6-18H2,1-5H3,(H,27,33)(H,28,31). The van der Waals surface area contributed by atoms with Crippen LogP contribution in [0.25, 0.3) is 0 Å². The smallest absolute Gasteiger partial charge is 0.317 e. The molecule has 190 valence electrons. The Kier molecular flexibility index (Phi) is 11.5. The van der Waals surface area contributed by atoms with Crippen LogP contribution in [0.15, 0.2) is 0 Å². The van der Waals surface area contributed by atoms with Gasteiger partial charge in [0.05, 0.1) is 0 Å². The van der Waals surface area contributed by atoms with Gasteiger partial charge in [0.25, 0.3) is 0 Å². The van der Waals surface area contributed by atoms with Gasteiger partial charge in [-0.1, -0.05) is 66.2 Å². The number of amides is 4.